The summed E-state index contributed by atoms with van der Waals surface area (Å²) in [6.45, 7) is 9.63. The van der Waals surface area contributed by atoms with Gasteiger partial charge in [0, 0.05) is 31.1 Å². The van der Waals surface area contributed by atoms with Crippen molar-refractivity contribution in [3.8, 4) is 5.75 Å². The molecule has 2 rings (SSSR count). The van der Waals surface area contributed by atoms with E-state index >= 15 is 0 Å². The number of aromatic nitrogens is 1. The van der Waals surface area contributed by atoms with Gasteiger partial charge in [-0.25, -0.2) is 0 Å². The Morgan fingerprint density at radius 3 is 2.64 bits per heavy atom. The molecule has 0 bridgehead atoms. The van der Waals surface area contributed by atoms with Crippen LogP contribution in [0.1, 0.15) is 49.6 Å². The first-order valence-electron chi connectivity index (χ1n) is 9.43. The van der Waals surface area contributed by atoms with Crippen LogP contribution in [0.2, 0.25) is 0 Å². The van der Waals surface area contributed by atoms with Gasteiger partial charge in [-0.1, -0.05) is 49.9 Å². The topological polar surface area (TPSA) is 71.7 Å². The Bertz CT molecular complexity index is 742. The molecule has 6 nitrogen and oxygen atoms in total. The van der Waals surface area contributed by atoms with Crippen LogP contribution < -0.4 is 15.4 Å². The molecule has 7 heteroatoms. The fourth-order valence-electron chi connectivity index (χ4n) is 2.82. The van der Waals surface area contributed by atoms with E-state index in [4.69, 9.17) is 9.26 Å². The maximum absolute atomic E-state index is 5.69. The minimum atomic E-state index is 0. The van der Waals surface area contributed by atoms with E-state index in [1.54, 1.807) is 13.1 Å². The molecule has 0 spiro atoms. The van der Waals surface area contributed by atoms with Gasteiger partial charge < -0.3 is 19.9 Å². The molecule has 0 saturated carbocycles. The summed E-state index contributed by atoms with van der Waals surface area (Å²) in [7, 11) is 1.74. The molecule has 0 fully saturated rings. The van der Waals surface area contributed by atoms with Gasteiger partial charge in [-0.05, 0) is 18.9 Å². The van der Waals surface area contributed by atoms with Gasteiger partial charge in [0.25, 0.3) is 0 Å². The molecular formula is C21H31IN4O2. The number of aliphatic imine (C=N–C) groups is 1. The molecule has 28 heavy (non-hydrogen) atoms. The number of para-hydroxylation sites is 1. The normalized spacial score (nSPS) is 11.1. The number of hydrogen-bond donors (Lipinski definition) is 2. The fourth-order valence-corrected chi connectivity index (χ4v) is 2.82. The molecule has 0 amide bonds. The lowest BCUT2D eigenvalue weighted by molar-refractivity contribution is 0.358. The van der Waals surface area contributed by atoms with Crippen molar-refractivity contribution >= 4 is 29.9 Å². The van der Waals surface area contributed by atoms with Crippen molar-refractivity contribution in [2.24, 2.45) is 4.99 Å². The largest absolute Gasteiger partial charge is 0.489 e. The Balaban J connectivity index is 0.00000392. The predicted molar refractivity (Wildman–Crippen MR) is 124 cm³/mol. The number of halogens is 1. The minimum absolute atomic E-state index is 0. The van der Waals surface area contributed by atoms with Crippen LogP contribution in [0.25, 0.3) is 0 Å². The highest BCUT2D eigenvalue weighted by Gasteiger charge is 2.13. The molecule has 1 heterocycles. The highest BCUT2D eigenvalue weighted by atomic mass is 127. The van der Waals surface area contributed by atoms with Gasteiger partial charge in [0.1, 0.15) is 12.4 Å². The van der Waals surface area contributed by atoms with Crippen LogP contribution in [0.5, 0.6) is 5.75 Å². The first kappa shape index (κ1) is 24.0. The minimum Gasteiger partial charge on any atom is -0.489 e. The summed E-state index contributed by atoms with van der Waals surface area (Å²) in [6, 6.07) is 9.94. The Morgan fingerprint density at radius 1 is 1.25 bits per heavy atom. The summed E-state index contributed by atoms with van der Waals surface area (Å²) >= 11 is 0. The lowest BCUT2D eigenvalue weighted by Crippen LogP contribution is -2.36. The van der Waals surface area contributed by atoms with Crippen molar-refractivity contribution in [1.82, 2.24) is 15.8 Å². The maximum atomic E-state index is 5.69. The van der Waals surface area contributed by atoms with Crippen LogP contribution in [-0.4, -0.2) is 24.8 Å². The molecule has 0 radical (unpaired) electrons. The number of ether oxygens (including phenoxy) is 1. The zero-order chi connectivity index (χ0) is 19.5. The average Bonchev–Trinajstić information content (AvgIpc) is 3.17. The van der Waals surface area contributed by atoms with E-state index in [9.17, 15) is 0 Å². The quantitative estimate of drug-likeness (QED) is 0.217. The molecule has 0 atom stereocenters. The lowest BCUT2D eigenvalue weighted by atomic mass is 9.99. The third-order valence-corrected chi connectivity index (χ3v) is 4.41. The molecule has 0 aliphatic heterocycles. The van der Waals surface area contributed by atoms with Crippen molar-refractivity contribution < 1.29 is 9.26 Å². The zero-order valence-corrected chi connectivity index (χ0v) is 19.2. The Labute approximate surface area is 184 Å². The maximum Gasteiger partial charge on any atom is 0.191 e. The summed E-state index contributed by atoms with van der Waals surface area (Å²) in [4.78, 5) is 4.26. The molecule has 2 aromatic rings. The van der Waals surface area contributed by atoms with Gasteiger partial charge in [-0.3, -0.25) is 4.99 Å². The summed E-state index contributed by atoms with van der Waals surface area (Å²) in [5.41, 5.74) is 2.08. The number of nitrogens with one attached hydrogen (secondary N) is 2. The lowest BCUT2D eigenvalue weighted by Gasteiger charge is -2.13. The van der Waals surface area contributed by atoms with E-state index in [0.29, 0.717) is 31.6 Å². The van der Waals surface area contributed by atoms with Crippen LogP contribution >= 0.6 is 24.0 Å². The van der Waals surface area contributed by atoms with Gasteiger partial charge in [-0.15, -0.1) is 24.0 Å². The standard InChI is InChI=1S/C21H30N4O2.HI/c1-5-12-26-20-11-9-8-10-17(20)14-23-21(22-4)24-15-18-13-19(25-27-18)16(6-2)7-3;/h5,8-11,13,16H,1,6-7,12,14-15H2,2-4H3,(H2,22,23,24);1H. The number of guanidine groups is 1. The second-order valence-electron chi connectivity index (χ2n) is 6.22. The Hall–Kier alpha value is -2.03. The van der Waals surface area contributed by atoms with Crippen LogP contribution in [0.4, 0.5) is 0 Å². The second kappa shape index (κ2) is 13.2. The molecule has 0 saturated heterocycles. The molecule has 0 aliphatic rings. The van der Waals surface area contributed by atoms with Crippen molar-refractivity contribution in [2.75, 3.05) is 13.7 Å². The van der Waals surface area contributed by atoms with Gasteiger partial charge >= 0.3 is 0 Å². The first-order chi connectivity index (χ1) is 13.2. The van der Waals surface area contributed by atoms with Crippen molar-refractivity contribution in [2.45, 2.75) is 45.7 Å². The Morgan fingerprint density at radius 2 is 1.96 bits per heavy atom. The van der Waals surface area contributed by atoms with E-state index in [1.807, 2.05) is 30.3 Å². The van der Waals surface area contributed by atoms with Gasteiger partial charge in [0.2, 0.25) is 0 Å². The van der Waals surface area contributed by atoms with E-state index < -0.39 is 0 Å². The van der Waals surface area contributed by atoms with Crippen molar-refractivity contribution in [3.63, 3.8) is 0 Å². The molecule has 0 aliphatic carbocycles. The van der Waals surface area contributed by atoms with E-state index in [1.165, 1.54) is 0 Å². The number of rotatable bonds is 10. The van der Waals surface area contributed by atoms with Crippen LogP contribution in [0, 0.1) is 0 Å². The smallest absolute Gasteiger partial charge is 0.191 e. The summed E-state index contributed by atoms with van der Waals surface area (Å²) in [5.74, 6) is 2.78. The summed E-state index contributed by atoms with van der Waals surface area (Å²) in [6.07, 6.45) is 3.86. The highest BCUT2D eigenvalue weighted by molar-refractivity contribution is 14.0. The van der Waals surface area contributed by atoms with Crippen molar-refractivity contribution in [1.29, 1.82) is 0 Å². The number of benzene rings is 1. The Kier molecular flexibility index (Phi) is 11.3. The third-order valence-electron chi connectivity index (χ3n) is 4.41. The second-order valence-corrected chi connectivity index (χ2v) is 6.22. The first-order valence-corrected chi connectivity index (χ1v) is 9.43. The summed E-state index contributed by atoms with van der Waals surface area (Å²) in [5, 5.41) is 10.7. The third kappa shape index (κ3) is 7.18. The van der Waals surface area contributed by atoms with Crippen LogP contribution in [-0.2, 0) is 13.1 Å². The van der Waals surface area contributed by atoms with E-state index in [0.717, 1.165) is 35.6 Å². The summed E-state index contributed by atoms with van der Waals surface area (Å²) < 4.78 is 11.1. The zero-order valence-electron chi connectivity index (χ0n) is 16.9. The highest BCUT2D eigenvalue weighted by Crippen LogP contribution is 2.22. The number of nitrogens with zero attached hydrogens (tertiary/aromatic N) is 2. The van der Waals surface area contributed by atoms with Crippen molar-refractivity contribution in [3.05, 3.63) is 60.0 Å². The molecule has 2 N–H and O–H groups in total. The molecular weight excluding hydrogens is 467 g/mol. The average molecular weight is 498 g/mol. The number of hydrogen-bond acceptors (Lipinski definition) is 4. The fraction of sp³-hybridized carbons (Fsp3) is 0.429. The molecule has 154 valence electrons. The monoisotopic (exact) mass is 498 g/mol. The van der Waals surface area contributed by atoms with Gasteiger partial charge in [0.15, 0.2) is 11.7 Å². The predicted octanol–water partition coefficient (Wildman–Crippen LogP) is 4.63. The molecule has 1 aromatic carbocycles. The van der Waals surface area contributed by atoms with Crippen LogP contribution in [0.15, 0.2) is 52.5 Å². The van der Waals surface area contributed by atoms with E-state index in [-0.39, 0.29) is 24.0 Å². The SMILES string of the molecule is C=CCOc1ccccc1CNC(=NC)NCc1cc(C(CC)CC)no1.I. The molecule has 0 unspecified atom stereocenters. The van der Waals surface area contributed by atoms with E-state index in [2.05, 4.69) is 41.2 Å². The molecule has 1 aromatic heterocycles. The van der Waals surface area contributed by atoms with Crippen LogP contribution in [0.3, 0.4) is 0 Å². The van der Waals surface area contributed by atoms with Gasteiger partial charge in [-0.2, -0.15) is 0 Å². The van der Waals surface area contributed by atoms with Gasteiger partial charge in [0.05, 0.1) is 12.2 Å².